The Bertz CT molecular complexity index is 1630. The van der Waals surface area contributed by atoms with Gasteiger partial charge in [-0.2, -0.15) is 0 Å². The van der Waals surface area contributed by atoms with E-state index in [1.54, 1.807) is 13.8 Å². The molecule has 1 aliphatic rings. The zero-order valence-electron chi connectivity index (χ0n) is 21.9. The molecule has 0 unspecified atom stereocenters. The second-order valence-corrected chi connectivity index (χ2v) is 12.6. The molecule has 0 saturated heterocycles. The number of hydrogen-bond acceptors (Lipinski definition) is 8. The Kier molecular flexibility index (Phi) is 8.51. The minimum atomic E-state index is -4.42. The number of benzene rings is 3. The number of rotatable bonds is 10. The number of halogens is 1. The van der Waals surface area contributed by atoms with E-state index in [1.165, 1.54) is 55.6 Å². The van der Waals surface area contributed by atoms with E-state index < -0.39 is 38.3 Å². The maximum Gasteiger partial charge on any atom is 0.264 e. The van der Waals surface area contributed by atoms with Crippen LogP contribution in [0.4, 0.5) is 15.8 Å². The van der Waals surface area contributed by atoms with Crippen molar-refractivity contribution in [3.8, 4) is 17.2 Å². The van der Waals surface area contributed by atoms with Crippen LogP contribution in [0.2, 0.25) is 0 Å². The van der Waals surface area contributed by atoms with Crippen LogP contribution in [0, 0.1) is 5.82 Å². The predicted molar refractivity (Wildman–Crippen MR) is 145 cm³/mol. The Morgan fingerprint density at radius 3 is 2.35 bits per heavy atom. The van der Waals surface area contributed by atoms with Gasteiger partial charge in [0.25, 0.3) is 10.0 Å². The summed E-state index contributed by atoms with van der Waals surface area (Å²) in [4.78, 5) is 12.9. The number of nitrogens with one attached hydrogen (secondary N) is 2. The predicted octanol–water partition coefficient (Wildman–Crippen LogP) is 3.13. The summed E-state index contributed by atoms with van der Waals surface area (Å²) in [5, 5.41) is 2.51. The highest BCUT2D eigenvalue weighted by molar-refractivity contribution is 7.92. The van der Waals surface area contributed by atoms with Crippen molar-refractivity contribution in [1.29, 1.82) is 0 Å². The fourth-order valence-electron chi connectivity index (χ4n) is 3.91. The van der Waals surface area contributed by atoms with Gasteiger partial charge in [-0.1, -0.05) is 6.07 Å². The number of sulfonamides is 2. The van der Waals surface area contributed by atoms with Gasteiger partial charge in [-0.05, 0) is 62.4 Å². The Labute approximate surface area is 232 Å². The van der Waals surface area contributed by atoms with E-state index in [0.29, 0.717) is 12.4 Å². The molecule has 3 aromatic carbocycles. The van der Waals surface area contributed by atoms with Crippen LogP contribution in [0.5, 0.6) is 17.2 Å². The third-order valence-corrected chi connectivity index (χ3v) is 9.06. The van der Waals surface area contributed by atoms with E-state index >= 15 is 0 Å². The molecule has 0 aromatic heterocycles. The van der Waals surface area contributed by atoms with E-state index in [-0.39, 0.29) is 45.3 Å². The first-order valence-corrected chi connectivity index (χ1v) is 15.0. The van der Waals surface area contributed by atoms with Crippen LogP contribution in [0.1, 0.15) is 13.8 Å². The molecule has 0 aliphatic carbocycles. The standard InChI is InChI=1S/C26H28FN3O8S2/c1-17(2)29-39(32,33)20-7-9-23(36-3)22(14-20)28-26(31)16-30(19-6-4-5-18(27)13-19)40(34,35)21-8-10-24-25(15-21)38-12-11-37-24/h4-10,13-15,17,29H,11-12,16H2,1-3H3,(H,28,31). The number of hydrogen-bond donors (Lipinski definition) is 2. The molecule has 214 valence electrons. The molecule has 0 radical (unpaired) electrons. The molecule has 1 amide bonds. The van der Waals surface area contributed by atoms with Crippen LogP contribution >= 0.6 is 0 Å². The highest BCUT2D eigenvalue weighted by Crippen LogP contribution is 2.34. The summed E-state index contributed by atoms with van der Waals surface area (Å²) in [5.74, 6) is -0.820. The molecule has 3 aromatic rings. The number of ether oxygens (including phenoxy) is 3. The van der Waals surface area contributed by atoms with Crippen molar-refractivity contribution >= 4 is 37.3 Å². The third-order valence-electron chi connectivity index (χ3n) is 5.63. The molecule has 0 saturated carbocycles. The van der Waals surface area contributed by atoms with Crippen molar-refractivity contribution in [2.75, 3.05) is 36.5 Å². The Hall–Kier alpha value is -3.88. The Morgan fingerprint density at radius 2 is 1.68 bits per heavy atom. The molecule has 1 heterocycles. The van der Waals surface area contributed by atoms with Crippen molar-refractivity contribution in [3.05, 3.63) is 66.5 Å². The summed E-state index contributed by atoms with van der Waals surface area (Å²) < 4.78 is 86.3. The largest absolute Gasteiger partial charge is 0.495 e. The highest BCUT2D eigenvalue weighted by atomic mass is 32.2. The zero-order chi connectivity index (χ0) is 29.1. The molecule has 1 aliphatic heterocycles. The fraction of sp³-hybridized carbons (Fsp3) is 0.269. The molecule has 2 N–H and O–H groups in total. The maximum absolute atomic E-state index is 14.1. The van der Waals surface area contributed by atoms with Gasteiger partial charge in [0.1, 0.15) is 31.3 Å². The van der Waals surface area contributed by atoms with E-state index in [2.05, 4.69) is 10.0 Å². The number of amides is 1. The summed E-state index contributed by atoms with van der Waals surface area (Å²) in [6.07, 6.45) is 0. The maximum atomic E-state index is 14.1. The van der Waals surface area contributed by atoms with Crippen molar-refractivity contribution in [2.24, 2.45) is 0 Å². The lowest BCUT2D eigenvalue weighted by atomic mass is 10.3. The smallest absolute Gasteiger partial charge is 0.264 e. The van der Waals surface area contributed by atoms with Crippen LogP contribution < -0.4 is 28.6 Å². The van der Waals surface area contributed by atoms with Crippen molar-refractivity contribution in [3.63, 3.8) is 0 Å². The molecule has 4 rings (SSSR count). The summed E-state index contributed by atoms with van der Waals surface area (Å²) in [6.45, 7) is 3.09. The van der Waals surface area contributed by atoms with E-state index in [0.717, 1.165) is 16.4 Å². The van der Waals surface area contributed by atoms with Gasteiger partial charge >= 0.3 is 0 Å². The first-order chi connectivity index (χ1) is 18.9. The van der Waals surface area contributed by atoms with Crippen LogP contribution in [0.3, 0.4) is 0 Å². The zero-order valence-corrected chi connectivity index (χ0v) is 23.5. The summed E-state index contributed by atoms with van der Waals surface area (Å²) in [6, 6.07) is 12.3. The number of carbonyl (C=O) groups is 1. The van der Waals surface area contributed by atoms with Crippen molar-refractivity contribution < 1.29 is 40.2 Å². The average molecular weight is 594 g/mol. The van der Waals surface area contributed by atoms with Crippen LogP contribution in [0.25, 0.3) is 0 Å². The molecule has 40 heavy (non-hydrogen) atoms. The summed E-state index contributed by atoms with van der Waals surface area (Å²) in [7, 11) is -7.00. The second kappa shape index (κ2) is 11.7. The number of carbonyl (C=O) groups excluding carboxylic acids is 1. The lowest BCUT2D eigenvalue weighted by molar-refractivity contribution is -0.114. The summed E-state index contributed by atoms with van der Waals surface area (Å²) >= 11 is 0. The van der Waals surface area contributed by atoms with Gasteiger partial charge in [0.2, 0.25) is 15.9 Å². The van der Waals surface area contributed by atoms with E-state index in [9.17, 15) is 26.0 Å². The topological polar surface area (TPSA) is 140 Å². The molecular weight excluding hydrogens is 565 g/mol. The molecule has 11 nitrogen and oxygen atoms in total. The van der Waals surface area contributed by atoms with E-state index in [4.69, 9.17) is 14.2 Å². The molecule has 0 fully saturated rings. The van der Waals surface area contributed by atoms with E-state index in [1.807, 2.05) is 0 Å². The fourth-order valence-corrected chi connectivity index (χ4v) is 6.61. The molecule has 0 bridgehead atoms. The number of anilines is 2. The van der Waals surface area contributed by atoms with Gasteiger partial charge < -0.3 is 19.5 Å². The first-order valence-electron chi connectivity index (χ1n) is 12.1. The van der Waals surface area contributed by atoms with Crippen LogP contribution in [0.15, 0.2) is 70.5 Å². The monoisotopic (exact) mass is 593 g/mol. The summed E-state index contributed by atoms with van der Waals surface area (Å²) in [5.41, 5.74) is -0.107. The Morgan fingerprint density at radius 1 is 0.975 bits per heavy atom. The number of fused-ring (bicyclic) bond motifs is 1. The van der Waals surface area contributed by atoms with Gasteiger partial charge in [-0.15, -0.1) is 0 Å². The third kappa shape index (κ3) is 6.46. The van der Waals surface area contributed by atoms with Gasteiger partial charge in [-0.3, -0.25) is 9.10 Å². The normalized spacial score (nSPS) is 13.1. The first kappa shape index (κ1) is 29.1. The Balaban J connectivity index is 1.68. The highest BCUT2D eigenvalue weighted by Gasteiger charge is 2.30. The number of methoxy groups -OCH3 is 1. The van der Waals surface area contributed by atoms with Gasteiger partial charge in [-0.25, -0.2) is 25.9 Å². The minimum Gasteiger partial charge on any atom is -0.495 e. The SMILES string of the molecule is COc1ccc(S(=O)(=O)NC(C)C)cc1NC(=O)CN(c1cccc(F)c1)S(=O)(=O)c1ccc2c(c1)OCCO2. The van der Waals surface area contributed by atoms with Gasteiger partial charge in [0.05, 0.1) is 28.3 Å². The van der Waals surface area contributed by atoms with Crippen LogP contribution in [-0.2, 0) is 24.8 Å². The molecular formula is C26H28FN3O8S2. The van der Waals surface area contributed by atoms with Crippen molar-refractivity contribution in [2.45, 2.75) is 29.7 Å². The molecule has 0 atom stereocenters. The average Bonchev–Trinajstić information content (AvgIpc) is 2.90. The van der Waals surface area contributed by atoms with Crippen molar-refractivity contribution in [1.82, 2.24) is 4.72 Å². The quantitative estimate of drug-likeness (QED) is 0.366. The van der Waals surface area contributed by atoms with Crippen LogP contribution in [-0.4, -0.2) is 55.7 Å². The van der Waals surface area contributed by atoms with Gasteiger partial charge in [0, 0.05) is 12.1 Å². The minimum absolute atomic E-state index is 0.00458. The number of nitrogens with zero attached hydrogens (tertiary/aromatic N) is 1. The van der Waals surface area contributed by atoms with Gasteiger partial charge in [0.15, 0.2) is 11.5 Å². The molecule has 14 heteroatoms. The molecule has 0 spiro atoms. The lowest BCUT2D eigenvalue weighted by Gasteiger charge is -2.25. The second-order valence-electron chi connectivity index (χ2n) is 8.98. The lowest BCUT2D eigenvalue weighted by Crippen LogP contribution is -2.38.